The molecule has 0 saturated heterocycles. The highest BCUT2D eigenvalue weighted by Gasteiger charge is 2.23. The van der Waals surface area contributed by atoms with Gasteiger partial charge in [0.2, 0.25) is 0 Å². The molecular weight excluding hydrogens is 492 g/mol. The summed E-state index contributed by atoms with van der Waals surface area (Å²) in [6.07, 6.45) is 0. The van der Waals surface area contributed by atoms with Crippen molar-refractivity contribution in [3.05, 3.63) is 127 Å². The van der Waals surface area contributed by atoms with Crippen LogP contribution in [0.4, 0.5) is 0 Å². The summed E-state index contributed by atoms with van der Waals surface area (Å²) < 4.78 is 8.34. The highest BCUT2D eigenvalue weighted by atomic mass is 16.3. The van der Waals surface area contributed by atoms with Crippen molar-refractivity contribution in [1.82, 2.24) is 14.5 Å². The van der Waals surface area contributed by atoms with Gasteiger partial charge in [-0.3, -0.25) is 4.57 Å². The second-order valence-electron chi connectivity index (χ2n) is 9.75. The summed E-state index contributed by atoms with van der Waals surface area (Å²) in [7, 11) is 0. The van der Waals surface area contributed by atoms with Crippen molar-refractivity contribution in [3.8, 4) is 34.5 Å². The molecule has 0 fully saturated rings. The summed E-state index contributed by atoms with van der Waals surface area (Å²) in [5, 5.41) is 14.8. The van der Waals surface area contributed by atoms with Gasteiger partial charge in [-0.25, -0.2) is 9.97 Å². The van der Waals surface area contributed by atoms with Crippen molar-refractivity contribution < 1.29 is 4.42 Å². The predicted molar refractivity (Wildman–Crippen MR) is 159 cm³/mol. The van der Waals surface area contributed by atoms with E-state index in [1.165, 1.54) is 0 Å². The van der Waals surface area contributed by atoms with Gasteiger partial charge in [0, 0.05) is 32.7 Å². The average molecular weight is 513 g/mol. The molecule has 40 heavy (non-hydrogen) atoms. The van der Waals surface area contributed by atoms with E-state index in [9.17, 15) is 5.26 Å². The molecule has 0 unspecified atom stereocenters. The van der Waals surface area contributed by atoms with Crippen LogP contribution in [0.25, 0.3) is 72.2 Å². The van der Waals surface area contributed by atoms with Crippen LogP contribution in [0.15, 0.2) is 126 Å². The lowest BCUT2D eigenvalue weighted by molar-refractivity contribution is 0.669. The van der Waals surface area contributed by atoms with Crippen LogP contribution in [-0.2, 0) is 0 Å². The van der Waals surface area contributed by atoms with E-state index in [-0.39, 0.29) is 0 Å². The Kier molecular flexibility index (Phi) is 4.82. The van der Waals surface area contributed by atoms with Gasteiger partial charge in [-0.15, -0.1) is 0 Å². The van der Waals surface area contributed by atoms with Gasteiger partial charge in [-0.1, -0.05) is 97.1 Å². The highest BCUT2D eigenvalue weighted by Crippen LogP contribution is 2.39. The van der Waals surface area contributed by atoms with Gasteiger partial charge < -0.3 is 4.42 Å². The smallest absolute Gasteiger partial charge is 0.162 e. The molecule has 0 aliphatic carbocycles. The SMILES string of the molecule is N#Cc1c(-c2ccccc2)nc(-c2ccccc2)nc1-n1c2ccccc2c2cc3oc4ccccc4c3cc21. The van der Waals surface area contributed by atoms with Crippen LogP contribution in [0.2, 0.25) is 0 Å². The maximum absolute atomic E-state index is 10.6. The van der Waals surface area contributed by atoms with Gasteiger partial charge in [-0.05, 0) is 24.3 Å². The second kappa shape index (κ2) is 8.65. The topological polar surface area (TPSA) is 67.6 Å². The predicted octanol–water partition coefficient (Wildman–Crippen LogP) is 8.68. The lowest BCUT2D eigenvalue weighted by Crippen LogP contribution is -2.07. The monoisotopic (exact) mass is 512 g/mol. The van der Waals surface area contributed by atoms with E-state index in [1.54, 1.807) is 0 Å². The highest BCUT2D eigenvalue weighted by molar-refractivity contribution is 6.17. The largest absolute Gasteiger partial charge is 0.456 e. The molecule has 8 aromatic rings. The fraction of sp³-hybridized carbons (Fsp3) is 0. The molecule has 0 spiro atoms. The summed E-state index contributed by atoms with van der Waals surface area (Å²) >= 11 is 0. The number of fused-ring (bicyclic) bond motifs is 6. The quantitative estimate of drug-likeness (QED) is 0.237. The van der Waals surface area contributed by atoms with Gasteiger partial charge in [0.1, 0.15) is 22.8 Å². The summed E-state index contributed by atoms with van der Waals surface area (Å²) in [6.45, 7) is 0. The first kappa shape index (κ1) is 22.3. The molecule has 5 aromatic carbocycles. The van der Waals surface area contributed by atoms with E-state index in [1.807, 2.05) is 91.0 Å². The van der Waals surface area contributed by atoms with Crippen molar-refractivity contribution in [2.75, 3.05) is 0 Å². The summed E-state index contributed by atoms with van der Waals surface area (Å²) in [4.78, 5) is 10.0. The standard InChI is InChI=1S/C35H20N4O/c36-21-28-33(22-11-3-1-4-12-22)37-34(23-13-5-2-6-14-23)38-35(28)39-29-17-9-7-15-24(29)26-20-32-27(19-30(26)39)25-16-8-10-18-31(25)40-32/h1-20H. The van der Waals surface area contributed by atoms with E-state index in [0.29, 0.717) is 22.9 Å². The number of nitrogens with zero attached hydrogens (tertiary/aromatic N) is 4. The van der Waals surface area contributed by atoms with Crippen molar-refractivity contribution in [2.45, 2.75) is 0 Å². The molecule has 5 nitrogen and oxygen atoms in total. The maximum Gasteiger partial charge on any atom is 0.162 e. The van der Waals surface area contributed by atoms with Crippen LogP contribution in [0.1, 0.15) is 5.56 Å². The Morgan fingerprint density at radius 1 is 0.575 bits per heavy atom. The fourth-order valence-electron chi connectivity index (χ4n) is 5.65. The number of para-hydroxylation sites is 2. The number of hydrogen-bond donors (Lipinski definition) is 0. The molecule has 0 radical (unpaired) electrons. The molecule has 0 N–H and O–H groups in total. The number of nitriles is 1. The van der Waals surface area contributed by atoms with Gasteiger partial charge in [0.15, 0.2) is 11.6 Å². The molecule has 8 rings (SSSR count). The van der Waals surface area contributed by atoms with E-state index in [0.717, 1.165) is 54.9 Å². The van der Waals surface area contributed by atoms with E-state index in [4.69, 9.17) is 14.4 Å². The molecule has 0 aliphatic rings. The third kappa shape index (κ3) is 3.27. The normalized spacial score (nSPS) is 11.5. The summed E-state index contributed by atoms with van der Waals surface area (Å²) in [5.74, 6) is 1.11. The van der Waals surface area contributed by atoms with Crippen LogP contribution < -0.4 is 0 Å². The average Bonchev–Trinajstić information content (AvgIpc) is 3.55. The zero-order valence-corrected chi connectivity index (χ0v) is 21.2. The van der Waals surface area contributed by atoms with Crippen molar-refractivity contribution >= 4 is 43.7 Å². The van der Waals surface area contributed by atoms with Gasteiger partial charge >= 0.3 is 0 Å². The fourth-order valence-corrected chi connectivity index (χ4v) is 5.65. The number of benzene rings is 5. The Balaban J connectivity index is 1.54. The minimum absolute atomic E-state index is 0.422. The molecule has 0 amide bonds. The lowest BCUT2D eigenvalue weighted by atomic mass is 10.1. The number of aromatic nitrogens is 3. The minimum atomic E-state index is 0.422. The third-order valence-electron chi connectivity index (χ3n) is 7.46. The zero-order chi connectivity index (χ0) is 26.6. The molecule has 3 heterocycles. The van der Waals surface area contributed by atoms with Crippen LogP contribution in [0, 0.1) is 11.3 Å². The Hall–Kier alpha value is -5.73. The molecule has 5 heteroatoms. The summed E-state index contributed by atoms with van der Waals surface area (Å²) in [5.41, 5.74) is 6.36. The Bertz CT molecular complexity index is 2270. The minimum Gasteiger partial charge on any atom is -0.456 e. The Morgan fingerprint density at radius 3 is 2.02 bits per heavy atom. The zero-order valence-electron chi connectivity index (χ0n) is 21.2. The van der Waals surface area contributed by atoms with Crippen LogP contribution in [-0.4, -0.2) is 14.5 Å². The van der Waals surface area contributed by atoms with Gasteiger partial charge in [-0.2, -0.15) is 5.26 Å². The van der Waals surface area contributed by atoms with Crippen molar-refractivity contribution in [2.24, 2.45) is 0 Å². The molecule has 0 aliphatic heterocycles. The Labute approximate surface area is 229 Å². The molecule has 0 bridgehead atoms. The van der Waals surface area contributed by atoms with Crippen molar-refractivity contribution in [1.29, 1.82) is 5.26 Å². The van der Waals surface area contributed by atoms with Crippen LogP contribution in [0.3, 0.4) is 0 Å². The maximum atomic E-state index is 10.6. The third-order valence-corrected chi connectivity index (χ3v) is 7.46. The molecule has 3 aromatic heterocycles. The van der Waals surface area contributed by atoms with Crippen LogP contribution >= 0.6 is 0 Å². The second-order valence-corrected chi connectivity index (χ2v) is 9.75. The van der Waals surface area contributed by atoms with E-state index in [2.05, 4.69) is 41.0 Å². The van der Waals surface area contributed by atoms with E-state index < -0.39 is 0 Å². The number of rotatable bonds is 3. The molecular formula is C35H20N4O. The number of hydrogen-bond acceptors (Lipinski definition) is 4. The van der Waals surface area contributed by atoms with Gasteiger partial charge in [0.05, 0.1) is 16.7 Å². The molecule has 0 atom stereocenters. The first-order valence-electron chi connectivity index (χ1n) is 13.1. The van der Waals surface area contributed by atoms with Gasteiger partial charge in [0.25, 0.3) is 0 Å². The van der Waals surface area contributed by atoms with Crippen molar-refractivity contribution in [3.63, 3.8) is 0 Å². The van der Waals surface area contributed by atoms with E-state index >= 15 is 0 Å². The first-order valence-corrected chi connectivity index (χ1v) is 13.1. The summed E-state index contributed by atoms with van der Waals surface area (Å²) in [6, 6.07) is 42.8. The number of furan rings is 1. The Morgan fingerprint density at radius 2 is 1.25 bits per heavy atom. The van der Waals surface area contributed by atoms with Crippen LogP contribution in [0.5, 0.6) is 0 Å². The molecule has 186 valence electrons. The molecule has 0 saturated carbocycles. The lowest BCUT2D eigenvalue weighted by Gasteiger charge is -2.14. The first-order chi connectivity index (χ1) is 19.8.